The van der Waals surface area contributed by atoms with Crippen LogP contribution in [-0.4, -0.2) is 36.6 Å². The lowest BCUT2D eigenvalue weighted by molar-refractivity contribution is 0.972. The maximum absolute atomic E-state index is 4.16. The van der Waals surface area contributed by atoms with Crippen molar-refractivity contribution < 1.29 is 0 Å². The van der Waals surface area contributed by atoms with E-state index in [0.29, 0.717) is 0 Å². The molecule has 1 aromatic carbocycles. The minimum atomic E-state index is 0.923. The van der Waals surface area contributed by atoms with Gasteiger partial charge in [-0.1, -0.05) is 41.3 Å². The predicted octanol–water partition coefficient (Wildman–Crippen LogP) is 3.12. The Kier molecular flexibility index (Phi) is 5.04. The van der Waals surface area contributed by atoms with E-state index in [0.717, 1.165) is 21.8 Å². The molecule has 4 nitrogen and oxygen atoms in total. The molecule has 1 aromatic heterocycles. The summed E-state index contributed by atoms with van der Waals surface area (Å²) in [6.07, 6.45) is 0. The van der Waals surface area contributed by atoms with Crippen LogP contribution >= 0.6 is 23.1 Å². The number of aromatic nitrogens is 2. The van der Waals surface area contributed by atoms with E-state index in [1.54, 1.807) is 23.1 Å². The summed E-state index contributed by atoms with van der Waals surface area (Å²) in [6, 6.07) is 8.33. The lowest BCUT2D eigenvalue weighted by Gasteiger charge is -2.08. The molecule has 0 unspecified atom stereocenters. The van der Waals surface area contributed by atoms with Crippen LogP contribution in [0.15, 0.2) is 28.6 Å². The smallest absolute Gasteiger partial charge is 0.208 e. The molecule has 6 heteroatoms. The van der Waals surface area contributed by atoms with Crippen molar-refractivity contribution in [2.75, 3.05) is 36.6 Å². The minimum Gasteiger partial charge on any atom is -0.384 e. The lowest BCUT2D eigenvalue weighted by Crippen LogP contribution is -2.07. The summed E-state index contributed by atoms with van der Waals surface area (Å²) in [5, 5.41) is 12.7. The summed E-state index contributed by atoms with van der Waals surface area (Å²) in [4.78, 5) is 1.98. The molecule has 0 bridgehead atoms. The van der Waals surface area contributed by atoms with Crippen molar-refractivity contribution in [2.45, 2.75) is 11.3 Å². The highest BCUT2D eigenvalue weighted by Crippen LogP contribution is 2.26. The molecular formula is C13H18N4S2. The number of hydrogen-bond donors (Lipinski definition) is 1. The number of nitrogens with zero attached hydrogens (tertiary/aromatic N) is 3. The molecule has 0 aliphatic rings. The Balaban J connectivity index is 1.76. The van der Waals surface area contributed by atoms with E-state index in [1.807, 2.05) is 19.0 Å². The molecule has 0 amide bonds. The van der Waals surface area contributed by atoms with Crippen LogP contribution in [0, 0.1) is 6.92 Å². The van der Waals surface area contributed by atoms with Crippen molar-refractivity contribution in [1.82, 2.24) is 10.2 Å². The quantitative estimate of drug-likeness (QED) is 0.655. The van der Waals surface area contributed by atoms with E-state index < -0.39 is 0 Å². The van der Waals surface area contributed by atoms with Crippen LogP contribution in [0.4, 0.5) is 10.8 Å². The molecule has 0 saturated heterocycles. The SMILES string of the molecule is Cc1ccccc1NCCSc1nnc(N(C)C)s1. The highest BCUT2D eigenvalue weighted by atomic mass is 32.2. The second-order valence-electron chi connectivity index (χ2n) is 4.34. The van der Waals surface area contributed by atoms with Gasteiger partial charge in [-0.05, 0) is 18.6 Å². The van der Waals surface area contributed by atoms with Gasteiger partial charge in [0.1, 0.15) is 0 Å². The Morgan fingerprint density at radius 1 is 1.26 bits per heavy atom. The fourth-order valence-corrected chi connectivity index (χ4v) is 3.23. The van der Waals surface area contributed by atoms with Crippen molar-refractivity contribution in [3.05, 3.63) is 29.8 Å². The Hall–Kier alpha value is -1.27. The zero-order chi connectivity index (χ0) is 13.7. The zero-order valence-corrected chi connectivity index (χ0v) is 13.0. The van der Waals surface area contributed by atoms with E-state index in [1.165, 1.54) is 11.3 Å². The Morgan fingerprint density at radius 3 is 2.74 bits per heavy atom. The van der Waals surface area contributed by atoms with E-state index in [9.17, 15) is 0 Å². The third kappa shape index (κ3) is 4.11. The summed E-state index contributed by atoms with van der Waals surface area (Å²) >= 11 is 3.37. The number of nitrogens with one attached hydrogen (secondary N) is 1. The van der Waals surface area contributed by atoms with Crippen molar-refractivity contribution in [2.24, 2.45) is 0 Å². The molecule has 1 N–H and O–H groups in total. The average molecular weight is 294 g/mol. The molecule has 0 spiro atoms. The standard InChI is InChI=1S/C13H18N4S2/c1-10-6-4-5-7-11(10)14-8-9-18-13-16-15-12(19-13)17(2)3/h4-7,14H,8-9H2,1-3H3. The molecule has 0 saturated carbocycles. The van der Waals surface area contributed by atoms with Crippen molar-refractivity contribution >= 4 is 33.9 Å². The van der Waals surface area contributed by atoms with Crippen LogP contribution in [0.2, 0.25) is 0 Å². The Labute approximate surface area is 122 Å². The van der Waals surface area contributed by atoms with Gasteiger partial charge in [0.2, 0.25) is 5.13 Å². The van der Waals surface area contributed by atoms with Gasteiger partial charge >= 0.3 is 0 Å². The number of aryl methyl sites for hydroxylation is 1. The molecule has 2 rings (SSSR count). The average Bonchev–Trinajstić information content (AvgIpc) is 2.85. The first-order chi connectivity index (χ1) is 9.16. The molecule has 102 valence electrons. The van der Waals surface area contributed by atoms with Crippen molar-refractivity contribution in [1.29, 1.82) is 0 Å². The van der Waals surface area contributed by atoms with Crippen LogP contribution in [0.5, 0.6) is 0 Å². The fourth-order valence-electron chi connectivity index (χ4n) is 1.54. The first-order valence-corrected chi connectivity index (χ1v) is 7.90. The third-order valence-electron chi connectivity index (χ3n) is 2.57. The highest BCUT2D eigenvalue weighted by molar-refractivity contribution is 8.01. The summed E-state index contributed by atoms with van der Waals surface area (Å²) in [6.45, 7) is 3.04. The summed E-state index contributed by atoms with van der Waals surface area (Å²) < 4.78 is 1.02. The van der Waals surface area contributed by atoms with Gasteiger partial charge in [-0.3, -0.25) is 0 Å². The zero-order valence-electron chi connectivity index (χ0n) is 11.4. The largest absolute Gasteiger partial charge is 0.384 e. The summed E-state index contributed by atoms with van der Waals surface area (Å²) in [7, 11) is 3.96. The van der Waals surface area contributed by atoms with Gasteiger partial charge in [0.05, 0.1) is 0 Å². The summed E-state index contributed by atoms with van der Waals surface area (Å²) in [5.41, 5.74) is 2.48. The molecule has 1 heterocycles. The minimum absolute atomic E-state index is 0.923. The van der Waals surface area contributed by atoms with Gasteiger partial charge in [-0.2, -0.15) is 0 Å². The third-order valence-corrected chi connectivity index (χ3v) is 4.79. The second kappa shape index (κ2) is 6.77. The summed E-state index contributed by atoms with van der Waals surface area (Å²) in [5.74, 6) is 0.983. The predicted molar refractivity (Wildman–Crippen MR) is 84.6 cm³/mol. The number of rotatable bonds is 6. The number of hydrogen-bond acceptors (Lipinski definition) is 6. The second-order valence-corrected chi connectivity index (χ2v) is 6.63. The van der Waals surface area contributed by atoms with Gasteiger partial charge < -0.3 is 10.2 Å². The van der Waals surface area contributed by atoms with Gasteiger partial charge in [0.25, 0.3) is 0 Å². The Morgan fingerprint density at radius 2 is 2.05 bits per heavy atom. The number of para-hydroxylation sites is 1. The van der Waals surface area contributed by atoms with Crippen LogP contribution in [0.25, 0.3) is 0 Å². The van der Waals surface area contributed by atoms with Crippen LogP contribution < -0.4 is 10.2 Å². The van der Waals surface area contributed by atoms with Crippen LogP contribution in [0.1, 0.15) is 5.56 Å². The fraction of sp³-hybridized carbons (Fsp3) is 0.385. The number of anilines is 2. The maximum atomic E-state index is 4.16. The van der Waals surface area contributed by atoms with Gasteiger partial charge in [0.15, 0.2) is 4.34 Å². The molecule has 0 aliphatic heterocycles. The molecule has 0 atom stereocenters. The molecule has 19 heavy (non-hydrogen) atoms. The molecular weight excluding hydrogens is 276 g/mol. The van der Waals surface area contributed by atoms with Crippen molar-refractivity contribution in [3.8, 4) is 0 Å². The number of benzene rings is 1. The van der Waals surface area contributed by atoms with E-state index >= 15 is 0 Å². The lowest BCUT2D eigenvalue weighted by atomic mass is 10.2. The highest BCUT2D eigenvalue weighted by Gasteiger charge is 2.05. The maximum Gasteiger partial charge on any atom is 0.208 e. The first kappa shape index (κ1) is 14.1. The topological polar surface area (TPSA) is 41.1 Å². The van der Waals surface area contributed by atoms with Crippen LogP contribution in [0.3, 0.4) is 0 Å². The first-order valence-electron chi connectivity index (χ1n) is 6.10. The normalized spacial score (nSPS) is 10.5. The molecule has 0 fully saturated rings. The van der Waals surface area contributed by atoms with Gasteiger partial charge in [-0.15, -0.1) is 10.2 Å². The van der Waals surface area contributed by atoms with Gasteiger partial charge in [0, 0.05) is 32.1 Å². The van der Waals surface area contributed by atoms with Crippen LogP contribution in [-0.2, 0) is 0 Å². The van der Waals surface area contributed by atoms with E-state index in [4.69, 9.17) is 0 Å². The number of thioether (sulfide) groups is 1. The molecule has 0 radical (unpaired) electrons. The monoisotopic (exact) mass is 294 g/mol. The molecule has 0 aliphatic carbocycles. The molecule has 2 aromatic rings. The van der Waals surface area contributed by atoms with E-state index in [-0.39, 0.29) is 0 Å². The van der Waals surface area contributed by atoms with E-state index in [2.05, 4.69) is 46.7 Å². The van der Waals surface area contributed by atoms with Gasteiger partial charge in [-0.25, -0.2) is 0 Å². The van der Waals surface area contributed by atoms with Crippen molar-refractivity contribution in [3.63, 3.8) is 0 Å². The Bertz CT molecular complexity index is 525.